The van der Waals surface area contributed by atoms with Crippen molar-refractivity contribution in [1.29, 1.82) is 0 Å². The van der Waals surface area contributed by atoms with Gasteiger partial charge in [-0.15, -0.1) is 0 Å². The SMILES string of the molecule is Cc1nc(C)n(CC(C)C(=O)N2CCCC(COc3ccccc3C)C2)n1. The summed E-state index contributed by atoms with van der Waals surface area (Å²) < 4.78 is 7.85. The first-order valence-electron chi connectivity index (χ1n) is 9.79. The standard InChI is InChI=1S/C21H30N4O2/c1-15-8-5-6-10-20(15)27-14-19-9-7-11-24(13-19)21(26)16(2)12-25-18(4)22-17(3)23-25/h5-6,8,10,16,19H,7,9,11-14H2,1-4H3. The Kier molecular flexibility index (Phi) is 6.14. The molecular weight excluding hydrogens is 340 g/mol. The smallest absolute Gasteiger partial charge is 0.227 e. The van der Waals surface area contributed by atoms with Crippen LogP contribution in [0.5, 0.6) is 5.75 Å². The molecule has 2 aromatic rings. The van der Waals surface area contributed by atoms with Gasteiger partial charge in [0.25, 0.3) is 0 Å². The second-order valence-corrected chi connectivity index (χ2v) is 7.66. The number of amides is 1. The van der Waals surface area contributed by atoms with Crippen LogP contribution in [-0.2, 0) is 11.3 Å². The molecular formula is C21H30N4O2. The molecule has 0 saturated carbocycles. The van der Waals surface area contributed by atoms with Crippen LogP contribution in [0.2, 0.25) is 0 Å². The molecule has 6 nitrogen and oxygen atoms in total. The van der Waals surface area contributed by atoms with Crippen LogP contribution >= 0.6 is 0 Å². The highest BCUT2D eigenvalue weighted by Crippen LogP contribution is 2.22. The van der Waals surface area contributed by atoms with Crippen molar-refractivity contribution in [1.82, 2.24) is 19.7 Å². The van der Waals surface area contributed by atoms with E-state index in [-0.39, 0.29) is 11.8 Å². The number of para-hydroxylation sites is 1. The van der Waals surface area contributed by atoms with Crippen LogP contribution in [0.4, 0.5) is 0 Å². The number of hydrogen-bond donors (Lipinski definition) is 0. The highest BCUT2D eigenvalue weighted by molar-refractivity contribution is 5.78. The average molecular weight is 370 g/mol. The number of piperidine rings is 1. The fourth-order valence-electron chi connectivity index (χ4n) is 3.71. The van der Waals surface area contributed by atoms with Crippen LogP contribution in [-0.4, -0.2) is 45.3 Å². The number of carbonyl (C=O) groups is 1. The first-order valence-corrected chi connectivity index (χ1v) is 9.79. The molecule has 1 aromatic carbocycles. The molecule has 0 spiro atoms. The van der Waals surface area contributed by atoms with Gasteiger partial charge < -0.3 is 9.64 Å². The quantitative estimate of drug-likeness (QED) is 0.784. The second kappa shape index (κ2) is 8.55. The molecule has 27 heavy (non-hydrogen) atoms. The van der Waals surface area contributed by atoms with Crippen LogP contribution in [0.25, 0.3) is 0 Å². The van der Waals surface area contributed by atoms with Crippen molar-refractivity contribution in [3.8, 4) is 5.75 Å². The maximum atomic E-state index is 12.9. The molecule has 2 unspecified atom stereocenters. The lowest BCUT2D eigenvalue weighted by Gasteiger charge is -2.34. The minimum absolute atomic E-state index is 0.110. The third-order valence-corrected chi connectivity index (χ3v) is 5.23. The van der Waals surface area contributed by atoms with Crippen molar-refractivity contribution in [2.24, 2.45) is 11.8 Å². The van der Waals surface area contributed by atoms with Gasteiger partial charge in [-0.05, 0) is 45.2 Å². The molecule has 1 amide bonds. The molecule has 0 bridgehead atoms. The highest BCUT2D eigenvalue weighted by Gasteiger charge is 2.28. The van der Waals surface area contributed by atoms with Crippen molar-refractivity contribution in [2.75, 3.05) is 19.7 Å². The lowest BCUT2D eigenvalue weighted by molar-refractivity contribution is -0.137. The molecule has 1 saturated heterocycles. The molecule has 1 aliphatic heterocycles. The summed E-state index contributed by atoms with van der Waals surface area (Å²) in [5.74, 6) is 3.01. The normalized spacial score (nSPS) is 18.4. The van der Waals surface area contributed by atoms with Gasteiger partial charge in [-0.2, -0.15) is 5.10 Å². The van der Waals surface area contributed by atoms with Crippen molar-refractivity contribution in [3.63, 3.8) is 0 Å². The van der Waals surface area contributed by atoms with Gasteiger partial charge in [0.2, 0.25) is 5.91 Å². The zero-order valence-corrected chi connectivity index (χ0v) is 16.8. The summed E-state index contributed by atoms with van der Waals surface area (Å²) in [5, 5.41) is 4.38. The monoisotopic (exact) mass is 370 g/mol. The van der Waals surface area contributed by atoms with Crippen molar-refractivity contribution >= 4 is 5.91 Å². The summed E-state index contributed by atoms with van der Waals surface area (Å²) in [6, 6.07) is 8.07. The van der Waals surface area contributed by atoms with Crippen LogP contribution in [0.1, 0.15) is 37.0 Å². The van der Waals surface area contributed by atoms with E-state index in [0.717, 1.165) is 48.9 Å². The Bertz CT molecular complexity index is 786. The minimum atomic E-state index is -0.110. The molecule has 6 heteroatoms. The van der Waals surface area contributed by atoms with Gasteiger partial charge >= 0.3 is 0 Å². The fraction of sp³-hybridized carbons (Fsp3) is 0.571. The van der Waals surface area contributed by atoms with E-state index in [1.54, 1.807) is 0 Å². The van der Waals surface area contributed by atoms with Gasteiger partial charge in [0.05, 0.1) is 19.1 Å². The number of aryl methyl sites for hydroxylation is 3. The molecule has 2 atom stereocenters. The molecule has 0 N–H and O–H groups in total. The Morgan fingerprint density at radius 3 is 2.78 bits per heavy atom. The van der Waals surface area contributed by atoms with Gasteiger partial charge in [-0.3, -0.25) is 4.79 Å². The van der Waals surface area contributed by atoms with Gasteiger partial charge in [0.15, 0.2) is 0 Å². The van der Waals surface area contributed by atoms with Crippen molar-refractivity contribution in [2.45, 2.75) is 47.1 Å². The number of benzene rings is 1. The molecule has 2 heterocycles. The number of aromatic nitrogens is 3. The van der Waals surface area contributed by atoms with Crippen LogP contribution in [0.3, 0.4) is 0 Å². The van der Waals surface area contributed by atoms with Crippen molar-refractivity contribution in [3.05, 3.63) is 41.5 Å². The van der Waals surface area contributed by atoms with Crippen LogP contribution < -0.4 is 4.74 Å². The third-order valence-electron chi connectivity index (χ3n) is 5.23. The van der Waals surface area contributed by atoms with Gasteiger partial charge in [0, 0.05) is 19.0 Å². The van der Waals surface area contributed by atoms with Crippen LogP contribution in [0.15, 0.2) is 24.3 Å². The zero-order chi connectivity index (χ0) is 19.4. The molecule has 1 fully saturated rings. The first-order chi connectivity index (χ1) is 12.9. The molecule has 146 valence electrons. The van der Waals surface area contributed by atoms with E-state index >= 15 is 0 Å². The Morgan fingerprint density at radius 1 is 1.30 bits per heavy atom. The number of carbonyl (C=O) groups excluding carboxylic acids is 1. The zero-order valence-electron chi connectivity index (χ0n) is 16.8. The van der Waals surface area contributed by atoms with Crippen LogP contribution in [0, 0.1) is 32.6 Å². The molecule has 1 aromatic heterocycles. The lowest BCUT2D eigenvalue weighted by Crippen LogP contribution is -2.44. The summed E-state index contributed by atoms with van der Waals surface area (Å²) in [5.41, 5.74) is 1.15. The Morgan fingerprint density at radius 2 is 2.07 bits per heavy atom. The number of hydrogen-bond acceptors (Lipinski definition) is 4. The molecule has 1 aliphatic rings. The highest BCUT2D eigenvalue weighted by atomic mass is 16.5. The fourth-order valence-corrected chi connectivity index (χ4v) is 3.71. The maximum absolute atomic E-state index is 12.9. The van der Waals surface area contributed by atoms with E-state index in [1.807, 2.05) is 48.6 Å². The lowest BCUT2D eigenvalue weighted by atomic mass is 9.97. The average Bonchev–Trinajstić information content (AvgIpc) is 2.97. The second-order valence-electron chi connectivity index (χ2n) is 7.66. The predicted octanol–water partition coefficient (Wildman–Crippen LogP) is 3.16. The number of likely N-dealkylation sites (tertiary alicyclic amines) is 1. The summed E-state index contributed by atoms with van der Waals surface area (Å²) in [6.07, 6.45) is 2.13. The Balaban J connectivity index is 1.54. The summed E-state index contributed by atoms with van der Waals surface area (Å²) in [4.78, 5) is 19.2. The Labute approximate surface area is 161 Å². The van der Waals surface area contributed by atoms with Gasteiger partial charge in [0.1, 0.15) is 17.4 Å². The van der Waals surface area contributed by atoms with Gasteiger partial charge in [-0.25, -0.2) is 9.67 Å². The number of nitrogens with zero attached hydrogens (tertiary/aromatic N) is 4. The minimum Gasteiger partial charge on any atom is -0.493 e. The van der Waals surface area contributed by atoms with Gasteiger partial charge in [-0.1, -0.05) is 25.1 Å². The summed E-state index contributed by atoms with van der Waals surface area (Å²) in [6.45, 7) is 10.7. The van der Waals surface area contributed by atoms with E-state index in [9.17, 15) is 4.79 Å². The Hall–Kier alpha value is -2.37. The number of rotatable bonds is 6. The molecule has 0 aliphatic carbocycles. The number of ether oxygens (including phenoxy) is 1. The predicted molar refractivity (Wildman–Crippen MR) is 105 cm³/mol. The topological polar surface area (TPSA) is 60.2 Å². The van der Waals surface area contributed by atoms with E-state index < -0.39 is 0 Å². The summed E-state index contributed by atoms with van der Waals surface area (Å²) in [7, 11) is 0. The summed E-state index contributed by atoms with van der Waals surface area (Å²) >= 11 is 0. The third kappa shape index (κ3) is 4.87. The largest absolute Gasteiger partial charge is 0.493 e. The van der Waals surface area contributed by atoms with E-state index in [2.05, 4.69) is 23.1 Å². The molecule has 0 radical (unpaired) electrons. The maximum Gasteiger partial charge on any atom is 0.227 e. The van der Waals surface area contributed by atoms with E-state index in [4.69, 9.17) is 4.74 Å². The van der Waals surface area contributed by atoms with E-state index in [1.165, 1.54) is 0 Å². The van der Waals surface area contributed by atoms with Crippen molar-refractivity contribution < 1.29 is 9.53 Å². The van der Waals surface area contributed by atoms with E-state index in [0.29, 0.717) is 19.1 Å². The first kappa shape index (κ1) is 19.4. The molecule has 3 rings (SSSR count).